The van der Waals surface area contributed by atoms with Gasteiger partial charge in [0, 0.05) is 48.5 Å². The maximum atomic E-state index is 13.1. The van der Waals surface area contributed by atoms with Crippen molar-refractivity contribution in [1.82, 2.24) is 19.4 Å². The summed E-state index contributed by atoms with van der Waals surface area (Å²) in [6.07, 6.45) is 6.66. The number of nitrogens with zero attached hydrogens (tertiary/aromatic N) is 4. The van der Waals surface area contributed by atoms with Crippen LogP contribution >= 0.6 is 0 Å². The Kier molecular flexibility index (Phi) is 5.70. The van der Waals surface area contributed by atoms with Crippen molar-refractivity contribution >= 4 is 16.9 Å². The van der Waals surface area contributed by atoms with Gasteiger partial charge in [0.1, 0.15) is 0 Å². The second kappa shape index (κ2) is 8.78. The number of likely N-dealkylation sites (tertiary alicyclic amines) is 2. The molecule has 0 unspecified atom stereocenters. The Bertz CT molecular complexity index is 1140. The summed E-state index contributed by atoms with van der Waals surface area (Å²) in [6, 6.07) is 11.8. The van der Waals surface area contributed by atoms with Gasteiger partial charge in [-0.15, -0.1) is 0 Å². The lowest BCUT2D eigenvalue weighted by molar-refractivity contribution is -0.904. The van der Waals surface area contributed by atoms with Gasteiger partial charge in [0.15, 0.2) is 0 Å². The maximum Gasteiger partial charge on any atom is 0.326 e. The molecule has 2 aromatic heterocycles. The van der Waals surface area contributed by atoms with Crippen molar-refractivity contribution in [3.8, 4) is 0 Å². The van der Waals surface area contributed by atoms with Crippen molar-refractivity contribution in [1.29, 1.82) is 0 Å². The predicted octanol–water partition coefficient (Wildman–Crippen LogP) is 1.93. The Morgan fingerprint density at radius 2 is 1.69 bits per heavy atom. The minimum absolute atomic E-state index is 0.0597. The summed E-state index contributed by atoms with van der Waals surface area (Å²) >= 11 is 0. The lowest BCUT2D eigenvalue weighted by atomic mass is 9.93. The minimum Gasteiger partial charge on any atom is -0.342 e. The van der Waals surface area contributed by atoms with Crippen molar-refractivity contribution in [3.63, 3.8) is 0 Å². The number of amides is 1. The largest absolute Gasteiger partial charge is 0.342 e. The number of benzene rings is 1. The van der Waals surface area contributed by atoms with Gasteiger partial charge >= 0.3 is 5.69 Å². The van der Waals surface area contributed by atoms with E-state index < -0.39 is 0 Å². The Morgan fingerprint density at radius 1 is 1.00 bits per heavy atom. The summed E-state index contributed by atoms with van der Waals surface area (Å²) in [5.74, 6) is 0.365. The van der Waals surface area contributed by atoms with Crippen LogP contribution in [0.4, 0.5) is 0 Å². The molecule has 32 heavy (non-hydrogen) atoms. The Balaban J connectivity index is 1.14. The van der Waals surface area contributed by atoms with Gasteiger partial charge in [-0.05, 0) is 56.5 Å². The lowest BCUT2D eigenvalue weighted by Crippen LogP contribution is -2.46. The normalized spacial score (nSPS) is 18.9. The molecule has 2 fully saturated rings. The molecular weight excluding hydrogens is 406 g/mol. The first-order valence-electron chi connectivity index (χ1n) is 11.5. The van der Waals surface area contributed by atoms with Crippen LogP contribution in [0.25, 0.3) is 11.0 Å². The molecule has 5 rings (SSSR count). The Hall–Kier alpha value is -3.13. The molecule has 3 aromatic rings. The highest BCUT2D eigenvalue weighted by atomic mass is 16.5. The third-order valence-corrected chi connectivity index (χ3v) is 6.99. The number of carbonyl (C=O) groups is 1. The van der Waals surface area contributed by atoms with Gasteiger partial charge in [0.05, 0.1) is 11.0 Å². The van der Waals surface area contributed by atoms with E-state index >= 15 is 0 Å². The average molecular weight is 437 g/mol. The van der Waals surface area contributed by atoms with Crippen LogP contribution in [0.3, 0.4) is 0 Å². The molecule has 4 heterocycles. The number of nitrogens with one attached hydrogen (secondary N) is 1. The molecule has 2 aliphatic heterocycles. The van der Waals surface area contributed by atoms with Gasteiger partial charge in [0.2, 0.25) is 18.3 Å². The lowest BCUT2D eigenvalue weighted by Gasteiger charge is -2.37. The first-order valence-corrected chi connectivity index (χ1v) is 11.5. The van der Waals surface area contributed by atoms with Crippen LogP contribution in [0, 0.1) is 5.92 Å². The van der Waals surface area contributed by atoms with E-state index in [0.29, 0.717) is 13.1 Å². The third-order valence-electron chi connectivity index (χ3n) is 6.99. The number of para-hydroxylation sites is 2. The van der Waals surface area contributed by atoms with Crippen LogP contribution in [0.1, 0.15) is 37.3 Å². The molecule has 2 N–H and O–H groups in total. The van der Waals surface area contributed by atoms with Gasteiger partial charge in [-0.3, -0.25) is 19.5 Å². The zero-order valence-electron chi connectivity index (χ0n) is 18.2. The second-order valence-electron chi connectivity index (χ2n) is 9.01. The zero-order valence-corrected chi connectivity index (χ0v) is 18.2. The predicted molar refractivity (Wildman–Crippen MR) is 119 cm³/mol. The molecule has 1 amide bonds. The summed E-state index contributed by atoms with van der Waals surface area (Å²) in [6.45, 7) is 4.07. The fourth-order valence-electron chi connectivity index (χ4n) is 5.19. The summed E-state index contributed by atoms with van der Waals surface area (Å²) in [4.78, 5) is 32.9. The number of carbonyl (C=O) groups excluding carboxylic acids is 1. The molecule has 168 valence electrons. The van der Waals surface area contributed by atoms with E-state index in [-0.39, 0.29) is 23.6 Å². The molecule has 2 aliphatic rings. The van der Waals surface area contributed by atoms with E-state index in [1.165, 1.54) is 0 Å². The van der Waals surface area contributed by atoms with Crippen LogP contribution in [0.15, 0.2) is 53.6 Å². The first-order chi connectivity index (χ1) is 15.6. The number of aromatic amines is 1. The number of rotatable bonds is 4. The molecule has 0 saturated carbocycles. The van der Waals surface area contributed by atoms with E-state index in [4.69, 9.17) is 0 Å². The SMILES string of the molecule is O=C(C1CCN(Cc2cc[n+](O)cc2)CC1)N1CCC(n2c(=O)[nH]c3ccccc32)CC1. The number of aromatic nitrogens is 3. The van der Waals surface area contributed by atoms with Crippen molar-refractivity contribution < 1.29 is 14.7 Å². The molecule has 0 atom stereocenters. The minimum atomic E-state index is -0.0597. The molecule has 2 saturated heterocycles. The Labute approximate surface area is 186 Å². The van der Waals surface area contributed by atoms with Crippen molar-refractivity contribution in [2.45, 2.75) is 38.3 Å². The number of imidazole rings is 1. The molecule has 8 heteroatoms. The molecule has 0 spiro atoms. The molecule has 1 aromatic carbocycles. The highest BCUT2D eigenvalue weighted by molar-refractivity contribution is 5.79. The summed E-state index contributed by atoms with van der Waals surface area (Å²) < 4.78 is 2.92. The highest BCUT2D eigenvalue weighted by Crippen LogP contribution is 2.28. The maximum absolute atomic E-state index is 13.1. The van der Waals surface area contributed by atoms with Crippen molar-refractivity contribution in [3.05, 3.63) is 64.8 Å². The molecule has 8 nitrogen and oxygen atoms in total. The molecule has 0 aliphatic carbocycles. The summed E-state index contributed by atoms with van der Waals surface area (Å²) in [7, 11) is 0. The summed E-state index contributed by atoms with van der Waals surface area (Å²) in [5.41, 5.74) is 2.92. The van der Waals surface area contributed by atoms with E-state index in [1.54, 1.807) is 12.4 Å². The summed E-state index contributed by atoms with van der Waals surface area (Å²) in [5, 5.41) is 9.36. The fourth-order valence-corrected chi connectivity index (χ4v) is 5.19. The van der Waals surface area contributed by atoms with E-state index in [1.807, 2.05) is 45.9 Å². The number of H-pyrrole nitrogens is 1. The molecule has 0 bridgehead atoms. The first kappa shape index (κ1) is 20.8. The monoisotopic (exact) mass is 436 g/mol. The third kappa shape index (κ3) is 4.14. The smallest absolute Gasteiger partial charge is 0.326 e. The highest BCUT2D eigenvalue weighted by Gasteiger charge is 2.32. The van der Waals surface area contributed by atoms with Gasteiger partial charge in [-0.2, -0.15) is 0 Å². The number of hydrogen-bond donors (Lipinski definition) is 2. The van der Waals surface area contributed by atoms with Crippen LogP contribution in [0.5, 0.6) is 0 Å². The van der Waals surface area contributed by atoms with Crippen LogP contribution in [-0.4, -0.2) is 56.6 Å². The standard InChI is InChI=1S/C24H29N5O3/c30-23(19-7-11-26(12-8-19)17-18-5-15-28(32)16-6-18)27-13-9-20(10-14-27)29-22-4-2-1-3-21(22)25-24(29)31/h1-6,15-16,19-20H,7-14,17H2,(H-,25,31,32)/p+1. The van der Waals surface area contributed by atoms with Crippen LogP contribution in [-0.2, 0) is 11.3 Å². The number of piperidine rings is 2. The number of hydrogen-bond acceptors (Lipinski definition) is 4. The van der Waals surface area contributed by atoms with E-state index in [2.05, 4.69) is 9.88 Å². The van der Waals surface area contributed by atoms with Gasteiger partial charge in [0.25, 0.3) is 0 Å². The van der Waals surface area contributed by atoms with Gasteiger partial charge in [-0.1, -0.05) is 12.1 Å². The van der Waals surface area contributed by atoms with Gasteiger partial charge in [-0.25, -0.2) is 4.79 Å². The average Bonchev–Trinajstić information content (AvgIpc) is 3.16. The Morgan fingerprint density at radius 3 is 2.41 bits per heavy atom. The number of pyridine rings is 1. The van der Waals surface area contributed by atoms with E-state index in [0.717, 1.165) is 66.6 Å². The molecule has 0 radical (unpaired) electrons. The van der Waals surface area contributed by atoms with Crippen molar-refractivity contribution in [2.75, 3.05) is 26.2 Å². The van der Waals surface area contributed by atoms with Crippen LogP contribution in [0.2, 0.25) is 0 Å². The van der Waals surface area contributed by atoms with E-state index in [9.17, 15) is 14.8 Å². The second-order valence-corrected chi connectivity index (χ2v) is 9.01. The van der Waals surface area contributed by atoms with Gasteiger partial charge < -0.3 is 9.88 Å². The zero-order chi connectivity index (χ0) is 22.1. The quantitative estimate of drug-likeness (QED) is 0.484. The topological polar surface area (TPSA) is 85.4 Å². The van der Waals surface area contributed by atoms with Crippen molar-refractivity contribution in [2.24, 2.45) is 5.92 Å². The fraction of sp³-hybridized carbons (Fsp3) is 0.458. The number of fused-ring (bicyclic) bond motifs is 1. The van der Waals surface area contributed by atoms with Crippen LogP contribution < -0.4 is 10.4 Å². The molecular formula is C24H30N5O3+.